The summed E-state index contributed by atoms with van der Waals surface area (Å²) in [7, 11) is 0. The molecule has 0 spiro atoms. The number of amides is 1. The number of H-pyrrole nitrogens is 1. The highest BCUT2D eigenvalue weighted by Crippen LogP contribution is 2.25. The number of nitrogens with one attached hydrogen (secondary N) is 1. The zero-order chi connectivity index (χ0) is 19.1. The molecule has 1 aromatic carbocycles. The fraction of sp³-hybridized carbons (Fsp3) is 0.227. The van der Waals surface area contributed by atoms with E-state index in [2.05, 4.69) is 32.0 Å². The molecule has 6 nitrogen and oxygen atoms in total. The van der Waals surface area contributed by atoms with Gasteiger partial charge in [-0.25, -0.2) is 9.97 Å². The van der Waals surface area contributed by atoms with E-state index in [-0.39, 0.29) is 5.91 Å². The van der Waals surface area contributed by atoms with Crippen LogP contribution in [-0.2, 0) is 0 Å². The Balaban J connectivity index is 1.39. The first-order chi connectivity index (χ1) is 13.7. The normalized spacial score (nSPS) is 14.8. The summed E-state index contributed by atoms with van der Waals surface area (Å²) in [5.74, 6) is 0.960. The fourth-order valence-electron chi connectivity index (χ4n) is 3.83. The lowest BCUT2D eigenvalue weighted by Gasteiger charge is -2.35. The summed E-state index contributed by atoms with van der Waals surface area (Å²) in [5, 5.41) is 2.09. The van der Waals surface area contributed by atoms with E-state index in [1.165, 1.54) is 0 Å². The van der Waals surface area contributed by atoms with Gasteiger partial charge >= 0.3 is 0 Å². The molecule has 0 atom stereocenters. The summed E-state index contributed by atoms with van der Waals surface area (Å²) in [6.07, 6.45) is 1.80. The number of fused-ring (bicyclic) bond motifs is 3. The second-order valence-electron chi connectivity index (χ2n) is 7.22. The number of hydrogen-bond acceptors (Lipinski definition) is 4. The standard InChI is InChI=1S/C22H21N5O/c1-15-5-6-16-7-8-17-14-18(25-21(17)20(16)24-15)22(28)27-12-10-26(11-13-27)19-4-2-3-9-23-19/h2-9,14,24H,10-13H2,1H3. The molecule has 28 heavy (non-hydrogen) atoms. The largest absolute Gasteiger partial charge is 0.357 e. The number of carbonyl (C=O) groups is 1. The van der Waals surface area contributed by atoms with Gasteiger partial charge in [-0.3, -0.25) is 4.79 Å². The number of hydrogen-bond donors (Lipinski definition) is 1. The Hall–Kier alpha value is -3.41. The number of carbonyl (C=O) groups excluding carboxylic acids is 1. The Kier molecular flexibility index (Phi) is 3.97. The first kappa shape index (κ1) is 16.7. The van der Waals surface area contributed by atoms with Gasteiger partial charge in [0.05, 0.1) is 11.0 Å². The maximum Gasteiger partial charge on any atom is 0.272 e. The number of aromatic amines is 1. The number of aromatic nitrogens is 3. The number of anilines is 1. The van der Waals surface area contributed by atoms with Gasteiger partial charge in [-0.05, 0) is 31.2 Å². The van der Waals surface area contributed by atoms with Gasteiger partial charge in [0.2, 0.25) is 0 Å². The first-order valence-corrected chi connectivity index (χ1v) is 9.53. The Bertz CT molecular complexity index is 1160. The molecule has 1 fully saturated rings. The van der Waals surface area contributed by atoms with E-state index in [4.69, 9.17) is 0 Å². The minimum Gasteiger partial charge on any atom is -0.357 e. The van der Waals surface area contributed by atoms with Crippen LogP contribution in [0.4, 0.5) is 5.82 Å². The van der Waals surface area contributed by atoms with Crippen molar-refractivity contribution < 1.29 is 4.79 Å². The second kappa shape index (κ2) is 6.64. The van der Waals surface area contributed by atoms with Crippen molar-refractivity contribution in [2.75, 3.05) is 31.1 Å². The molecule has 0 aliphatic carbocycles. The summed E-state index contributed by atoms with van der Waals surface area (Å²) in [4.78, 5) is 29.6. The van der Waals surface area contributed by atoms with Gasteiger partial charge in [-0.15, -0.1) is 0 Å². The van der Waals surface area contributed by atoms with Gasteiger partial charge in [0, 0.05) is 48.8 Å². The Morgan fingerprint density at radius 1 is 1.00 bits per heavy atom. The minimum atomic E-state index is -0.00215. The zero-order valence-corrected chi connectivity index (χ0v) is 15.7. The third-order valence-electron chi connectivity index (χ3n) is 5.36. The Morgan fingerprint density at radius 3 is 2.57 bits per heavy atom. The van der Waals surface area contributed by atoms with Crippen molar-refractivity contribution >= 4 is 33.5 Å². The molecule has 0 radical (unpaired) electrons. The van der Waals surface area contributed by atoms with E-state index in [0.717, 1.165) is 46.4 Å². The first-order valence-electron chi connectivity index (χ1n) is 9.53. The summed E-state index contributed by atoms with van der Waals surface area (Å²) >= 11 is 0. The smallest absolute Gasteiger partial charge is 0.272 e. The molecule has 1 N–H and O–H groups in total. The maximum absolute atomic E-state index is 13.0. The lowest BCUT2D eigenvalue weighted by molar-refractivity contribution is 0.0741. The van der Waals surface area contributed by atoms with Crippen molar-refractivity contribution in [3.8, 4) is 0 Å². The van der Waals surface area contributed by atoms with Crippen LogP contribution in [0.25, 0.3) is 21.8 Å². The zero-order valence-electron chi connectivity index (χ0n) is 15.7. The number of benzene rings is 1. The van der Waals surface area contributed by atoms with Gasteiger partial charge in [0.1, 0.15) is 11.5 Å². The van der Waals surface area contributed by atoms with Crippen LogP contribution in [0.5, 0.6) is 0 Å². The van der Waals surface area contributed by atoms with Crippen molar-refractivity contribution in [1.82, 2.24) is 19.9 Å². The number of rotatable bonds is 2. The van der Waals surface area contributed by atoms with Crippen LogP contribution in [0.3, 0.4) is 0 Å². The Labute approximate surface area is 162 Å². The van der Waals surface area contributed by atoms with Crippen LogP contribution in [0.15, 0.2) is 54.7 Å². The van der Waals surface area contributed by atoms with Gasteiger partial charge in [0.25, 0.3) is 5.91 Å². The van der Waals surface area contributed by atoms with Crippen molar-refractivity contribution in [3.05, 3.63) is 66.1 Å². The van der Waals surface area contributed by atoms with Crippen LogP contribution in [-0.4, -0.2) is 51.9 Å². The quantitative estimate of drug-likeness (QED) is 0.587. The van der Waals surface area contributed by atoms with Gasteiger partial charge in [-0.1, -0.05) is 24.3 Å². The molecule has 140 valence electrons. The van der Waals surface area contributed by atoms with E-state index in [9.17, 15) is 4.79 Å². The van der Waals surface area contributed by atoms with Crippen LogP contribution >= 0.6 is 0 Å². The highest BCUT2D eigenvalue weighted by atomic mass is 16.2. The number of nitrogens with zero attached hydrogens (tertiary/aromatic N) is 4. The monoisotopic (exact) mass is 371 g/mol. The van der Waals surface area contributed by atoms with Gasteiger partial charge < -0.3 is 14.8 Å². The number of aryl methyl sites for hydroxylation is 1. The number of piperazine rings is 1. The predicted octanol–water partition coefficient (Wildman–Crippen LogP) is 3.38. The van der Waals surface area contributed by atoms with E-state index in [1.807, 2.05) is 48.2 Å². The summed E-state index contributed by atoms with van der Waals surface area (Å²) in [6, 6.07) is 16.0. The molecule has 4 aromatic rings. The second-order valence-corrected chi connectivity index (χ2v) is 7.22. The molecular weight excluding hydrogens is 350 g/mol. The Morgan fingerprint density at radius 2 is 1.79 bits per heavy atom. The molecular formula is C22H21N5O. The minimum absolute atomic E-state index is 0.00215. The SMILES string of the molecule is Cc1ccc2ccc3cc(C(=O)N4CCN(c5ccccn5)CC4)nc3c2[nH]1. The van der Waals surface area contributed by atoms with E-state index < -0.39 is 0 Å². The third-order valence-corrected chi connectivity index (χ3v) is 5.36. The van der Waals surface area contributed by atoms with Crippen LogP contribution < -0.4 is 4.90 Å². The lowest BCUT2D eigenvalue weighted by Crippen LogP contribution is -2.49. The molecule has 1 aliphatic rings. The molecule has 0 saturated carbocycles. The van der Waals surface area contributed by atoms with Crippen molar-refractivity contribution in [3.63, 3.8) is 0 Å². The lowest BCUT2D eigenvalue weighted by atomic mass is 10.1. The van der Waals surface area contributed by atoms with Crippen molar-refractivity contribution in [2.24, 2.45) is 0 Å². The van der Waals surface area contributed by atoms with Crippen molar-refractivity contribution in [1.29, 1.82) is 0 Å². The summed E-state index contributed by atoms with van der Waals surface area (Å²) in [5.41, 5.74) is 3.43. The van der Waals surface area contributed by atoms with E-state index in [0.29, 0.717) is 18.8 Å². The topological polar surface area (TPSA) is 65.1 Å². The fourth-order valence-corrected chi connectivity index (χ4v) is 3.83. The third kappa shape index (κ3) is 2.87. The van der Waals surface area contributed by atoms with Crippen LogP contribution in [0.1, 0.15) is 16.2 Å². The molecule has 0 bridgehead atoms. The van der Waals surface area contributed by atoms with Crippen molar-refractivity contribution in [2.45, 2.75) is 6.92 Å². The number of pyridine rings is 2. The maximum atomic E-state index is 13.0. The molecule has 0 unspecified atom stereocenters. The highest BCUT2D eigenvalue weighted by Gasteiger charge is 2.24. The molecule has 6 heteroatoms. The van der Waals surface area contributed by atoms with Gasteiger partial charge in [-0.2, -0.15) is 0 Å². The highest BCUT2D eigenvalue weighted by molar-refractivity contribution is 6.07. The molecule has 5 rings (SSSR count). The van der Waals surface area contributed by atoms with Crippen LogP contribution in [0.2, 0.25) is 0 Å². The molecule has 1 aliphatic heterocycles. The van der Waals surface area contributed by atoms with Crippen LogP contribution in [0, 0.1) is 6.92 Å². The van der Waals surface area contributed by atoms with Gasteiger partial charge in [0.15, 0.2) is 0 Å². The summed E-state index contributed by atoms with van der Waals surface area (Å²) < 4.78 is 0. The summed E-state index contributed by atoms with van der Waals surface area (Å²) in [6.45, 7) is 4.92. The molecule has 4 heterocycles. The average molecular weight is 371 g/mol. The van der Waals surface area contributed by atoms with E-state index in [1.54, 1.807) is 6.20 Å². The molecule has 3 aromatic heterocycles. The molecule has 1 amide bonds. The predicted molar refractivity (Wildman–Crippen MR) is 111 cm³/mol. The van der Waals surface area contributed by atoms with E-state index >= 15 is 0 Å². The average Bonchev–Trinajstić information content (AvgIpc) is 3.19. The molecule has 1 saturated heterocycles.